The summed E-state index contributed by atoms with van der Waals surface area (Å²) in [5.41, 5.74) is -0.0508. The van der Waals surface area contributed by atoms with Gasteiger partial charge in [-0.2, -0.15) is 13.2 Å². The van der Waals surface area contributed by atoms with Crippen molar-refractivity contribution < 1.29 is 18.1 Å². The van der Waals surface area contributed by atoms with Gasteiger partial charge in [0.2, 0.25) is 0 Å². The molecule has 2 aromatic carbocycles. The smallest absolute Gasteiger partial charge is 0.376 e. The van der Waals surface area contributed by atoms with Gasteiger partial charge < -0.3 is 5.32 Å². The first kappa shape index (κ1) is 19.1. The van der Waals surface area contributed by atoms with Crippen molar-refractivity contribution in [2.75, 3.05) is 5.32 Å². The molecule has 0 aromatic heterocycles. The lowest BCUT2D eigenvalue weighted by atomic mass is 9.75. The number of anilines is 1. The Labute approximate surface area is 168 Å². The average Bonchev–Trinajstić information content (AvgIpc) is 3.10. The van der Waals surface area contributed by atoms with Crippen LogP contribution in [0.3, 0.4) is 0 Å². The molecule has 28 heavy (non-hydrogen) atoms. The van der Waals surface area contributed by atoms with E-state index in [0.29, 0.717) is 12.0 Å². The molecule has 1 heterocycles. The lowest BCUT2D eigenvalue weighted by Crippen LogP contribution is -2.31. The Bertz CT molecular complexity index is 1010. The van der Waals surface area contributed by atoms with Gasteiger partial charge in [0.25, 0.3) is 5.69 Å². The van der Waals surface area contributed by atoms with Crippen molar-refractivity contribution in [1.29, 1.82) is 0 Å². The van der Waals surface area contributed by atoms with E-state index in [0.717, 1.165) is 6.07 Å². The van der Waals surface area contributed by atoms with Gasteiger partial charge in [0.05, 0.1) is 27.2 Å². The minimum absolute atomic E-state index is 0.00319. The van der Waals surface area contributed by atoms with Gasteiger partial charge in [0.15, 0.2) is 0 Å². The maximum Gasteiger partial charge on any atom is 0.416 e. The van der Waals surface area contributed by atoms with Crippen molar-refractivity contribution in [1.82, 2.24) is 0 Å². The highest BCUT2D eigenvalue weighted by Crippen LogP contribution is 2.55. The largest absolute Gasteiger partial charge is 0.416 e. The molecule has 4 rings (SSSR count). The molecule has 0 amide bonds. The number of nitro benzene ring substituents is 1. The molecule has 0 saturated carbocycles. The molecular formula is C19H13Cl2F3N2O2. The molecule has 0 bridgehead atoms. The summed E-state index contributed by atoms with van der Waals surface area (Å²) >= 11 is 12.1. The van der Waals surface area contributed by atoms with Crippen LogP contribution in [0.25, 0.3) is 0 Å². The molecule has 1 aliphatic heterocycles. The minimum atomic E-state index is -4.51. The first-order valence-corrected chi connectivity index (χ1v) is 9.20. The number of hydrogen-bond donors (Lipinski definition) is 1. The molecule has 1 aliphatic carbocycles. The highest BCUT2D eigenvalue weighted by atomic mass is 35.5. The van der Waals surface area contributed by atoms with Crippen molar-refractivity contribution in [2.45, 2.75) is 24.6 Å². The maximum atomic E-state index is 13.6. The number of alkyl halides is 3. The van der Waals surface area contributed by atoms with Gasteiger partial charge in [-0.15, -0.1) is 0 Å². The summed E-state index contributed by atoms with van der Waals surface area (Å²) in [7, 11) is 0. The van der Waals surface area contributed by atoms with Crippen LogP contribution >= 0.6 is 23.2 Å². The van der Waals surface area contributed by atoms with E-state index < -0.39 is 28.6 Å². The van der Waals surface area contributed by atoms with Crippen molar-refractivity contribution >= 4 is 34.6 Å². The van der Waals surface area contributed by atoms with Crippen LogP contribution in [-0.2, 0) is 6.18 Å². The quantitative estimate of drug-likeness (QED) is 0.327. The Morgan fingerprint density at radius 2 is 1.86 bits per heavy atom. The average molecular weight is 429 g/mol. The molecule has 0 spiro atoms. The first-order chi connectivity index (χ1) is 13.2. The van der Waals surface area contributed by atoms with Crippen molar-refractivity contribution in [2.24, 2.45) is 5.92 Å². The van der Waals surface area contributed by atoms with Crippen LogP contribution in [0.15, 0.2) is 42.5 Å². The summed E-state index contributed by atoms with van der Waals surface area (Å²) in [4.78, 5) is 10.7. The van der Waals surface area contributed by atoms with Gasteiger partial charge in [-0.25, -0.2) is 0 Å². The van der Waals surface area contributed by atoms with Gasteiger partial charge >= 0.3 is 6.18 Å². The molecule has 2 aliphatic rings. The number of nitrogens with one attached hydrogen (secondary N) is 1. The van der Waals surface area contributed by atoms with Crippen LogP contribution < -0.4 is 5.32 Å². The van der Waals surface area contributed by atoms with E-state index in [-0.39, 0.29) is 32.9 Å². The predicted octanol–water partition coefficient (Wildman–Crippen LogP) is 6.75. The number of nitrogens with zero attached hydrogens (tertiary/aromatic N) is 1. The molecule has 146 valence electrons. The van der Waals surface area contributed by atoms with Crippen LogP contribution in [-0.4, -0.2) is 4.92 Å². The van der Waals surface area contributed by atoms with E-state index in [1.807, 2.05) is 6.08 Å². The molecule has 0 fully saturated rings. The molecule has 9 heteroatoms. The van der Waals surface area contributed by atoms with E-state index in [2.05, 4.69) is 5.32 Å². The summed E-state index contributed by atoms with van der Waals surface area (Å²) in [5.74, 6) is -0.723. The second kappa shape index (κ2) is 6.67. The Morgan fingerprint density at radius 3 is 2.54 bits per heavy atom. The number of benzene rings is 2. The molecule has 2 aromatic rings. The Balaban J connectivity index is 1.86. The topological polar surface area (TPSA) is 55.2 Å². The zero-order valence-corrected chi connectivity index (χ0v) is 15.6. The Morgan fingerprint density at radius 1 is 1.14 bits per heavy atom. The second-order valence-electron chi connectivity index (χ2n) is 6.82. The molecule has 3 atom stereocenters. The van der Waals surface area contributed by atoms with Crippen molar-refractivity contribution in [3.8, 4) is 0 Å². The van der Waals surface area contributed by atoms with E-state index in [4.69, 9.17) is 23.2 Å². The zero-order chi connectivity index (χ0) is 20.2. The lowest BCUT2D eigenvalue weighted by Gasteiger charge is -2.39. The summed E-state index contributed by atoms with van der Waals surface area (Å²) in [5, 5.41) is 14.5. The zero-order valence-electron chi connectivity index (χ0n) is 14.1. The number of rotatable bonds is 2. The number of hydrogen-bond acceptors (Lipinski definition) is 3. The van der Waals surface area contributed by atoms with Crippen LogP contribution in [0.2, 0.25) is 10.0 Å². The Hall–Kier alpha value is -2.25. The van der Waals surface area contributed by atoms with Gasteiger partial charge in [0.1, 0.15) is 5.02 Å². The number of fused-ring (bicyclic) bond motifs is 3. The van der Waals surface area contributed by atoms with Crippen LogP contribution in [0, 0.1) is 16.0 Å². The van der Waals surface area contributed by atoms with E-state index in [1.54, 1.807) is 12.1 Å². The third-order valence-electron chi connectivity index (χ3n) is 5.30. The van der Waals surface area contributed by atoms with Crippen LogP contribution in [0.1, 0.15) is 35.1 Å². The molecule has 0 unspecified atom stereocenters. The fourth-order valence-electron chi connectivity index (χ4n) is 4.11. The second-order valence-corrected chi connectivity index (χ2v) is 7.64. The van der Waals surface area contributed by atoms with Gasteiger partial charge in [-0.3, -0.25) is 10.1 Å². The fraction of sp³-hybridized carbons (Fsp3) is 0.263. The summed E-state index contributed by atoms with van der Waals surface area (Å²) in [6, 6.07) is 6.22. The summed E-state index contributed by atoms with van der Waals surface area (Å²) in [6.07, 6.45) is -0.372. The summed E-state index contributed by atoms with van der Waals surface area (Å²) < 4.78 is 40.8. The van der Waals surface area contributed by atoms with E-state index in [1.165, 1.54) is 18.2 Å². The predicted molar refractivity (Wildman–Crippen MR) is 101 cm³/mol. The number of halogens is 5. The molecule has 0 saturated heterocycles. The van der Waals surface area contributed by atoms with Gasteiger partial charge in [-0.1, -0.05) is 41.4 Å². The standard InChI is InChI=1S/C19H13Cl2F3N2O2/c20-13-6-4-9(8-15(13)26(27)28)17-11-3-1-2-10(11)16-12(19(22,23)24)5-7-14(21)18(16)25-17/h1-2,4-8,10-11,17,25H,3H2/t10-,11+,17+/m1/s1. The molecule has 1 N–H and O–H groups in total. The third-order valence-corrected chi connectivity index (χ3v) is 5.93. The van der Waals surface area contributed by atoms with Gasteiger partial charge in [0, 0.05) is 12.0 Å². The fourth-order valence-corrected chi connectivity index (χ4v) is 4.52. The SMILES string of the molecule is O=[N+]([O-])c1cc([C@@H]2Nc3c(Cl)ccc(C(F)(F)F)c3[C@@H]3C=CC[C@@H]32)ccc1Cl. The lowest BCUT2D eigenvalue weighted by molar-refractivity contribution is -0.384. The van der Waals surface area contributed by atoms with Crippen molar-refractivity contribution in [3.05, 3.63) is 79.3 Å². The maximum absolute atomic E-state index is 13.6. The molecule has 4 nitrogen and oxygen atoms in total. The van der Waals surface area contributed by atoms with Crippen LogP contribution in [0.5, 0.6) is 0 Å². The van der Waals surface area contributed by atoms with E-state index >= 15 is 0 Å². The number of nitro groups is 1. The highest BCUT2D eigenvalue weighted by Gasteiger charge is 2.45. The monoisotopic (exact) mass is 428 g/mol. The van der Waals surface area contributed by atoms with Gasteiger partial charge in [-0.05, 0) is 41.7 Å². The highest BCUT2D eigenvalue weighted by molar-refractivity contribution is 6.33. The molecular weight excluding hydrogens is 416 g/mol. The number of allylic oxidation sites excluding steroid dienone is 2. The third kappa shape index (κ3) is 3.02. The van der Waals surface area contributed by atoms with Crippen LogP contribution in [0.4, 0.5) is 24.5 Å². The first-order valence-electron chi connectivity index (χ1n) is 8.45. The van der Waals surface area contributed by atoms with Crippen molar-refractivity contribution in [3.63, 3.8) is 0 Å². The summed E-state index contributed by atoms with van der Waals surface area (Å²) in [6.45, 7) is 0. The Kier molecular flexibility index (Phi) is 4.55. The van der Waals surface area contributed by atoms with E-state index in [9.17, 15) is 23.3 Å². The normalized spacial score (nSPS) is 23.1. The minimum Gasteiger partial charge on any atom is -0.376 e. The molecule has 0 radical (unpaired) electrons.